The highest BCUT2D eigenvalue weighted by Gasteiger charge is 2.47. The van der Waals surface area contributed by atoms with Crippen LogP contribution < -0.4 is 11.1 Å². The summed E-state index contributed by atoms with van der Waals surface area (Å²) in [6.45, 7) is 0. The molecule has 2 heterocycles. The lowest BCUT2D eigenvalue weighted by Crippen LogP contribution is -2.41. The van der Waals surface area contributed by atoms with Crippen LogP contribution in [-0.2, 0) is 4.74 Å². The van der Waals surface area contributed by atoms with E-state index >= 15 is 0 Å². The van der Waals surface area contributed by atoms with Crippen LogP contribution in [0, 0.1) is 11.8 Å². The van der Waals surface area contributed by atoms with Gasteiger partial charge in [-0.25, -0.2) is 14.8 Å². The van der Waals surface area contributed by atoms with E-state index in [1.807, 2.05) is 12.1 Å². The summed E-state index contributed by atoms with van der Waals surface area (Å²) in [4.78, 5) is 23.6. The number of nitrogens with two attached hydrogens (primary N) is 1. The monoisotopic (exact) mass is 429 g/mol. The van der Waals surface area contributed by atoms with Gasteiger partial charge in [0.25, 0.3) is 0 Å². The third-order valence-electron chi connectivity index (χ3n) is 5.54. The summed E-state index contributed by atoms with van der Waals surface area (Å²) in [5, 5.41) is 4.57. The molecule has 4 N–H and O–H groups in total. The highest BCUT2D eigenvalue weighted by Crippen LogP contribution is 2.44. The number of nitrogens with zero attached hydrogens (tertiary/aromatic N) is 2. The van der Waals surface area contributed by atoms with E-state index in [9.17, 15) is 4.79 Å². The molecule has 2 aromatic heterocycles. The predicted molar refractivity (Wildman–Crippen MR) is 112 cm³/mol. The Morgan fingerprint density at radius 1 is 1.21 bits per heavy atom. The second kappa shape index (κ2) is 6.93. The topological polar surface area (TPSA) is 106 Å². The highest BCUT2D eigenvalue weighted by atomic mass is 35.5. The van der Waals surface area contributed by atoms with E-state index in [1.54, 1.807) is 18.3 Å². The largest absolute Gasteiger partial charge is 0.444 e. The maximum absolute atomic E-state index is 11.4. The number of aromatic amines is 1. The third kappa shape index (κ3) is 3.20. The number of H-pyrrole nitrogens is 1. The number of rotatable bonds is 4. The van der Waals surface area contributed by atoms with E-state index in [-0.39, 0.29) is 24.0 Å². The smallest absolute Gasteiger partial charge is 0.404 e. The molecule has 0 spiro atoms. The van der Waals surface area contributed by atoms with Crippen LogP contribution in [0.4, 0.5) is 10.5 Å². The fourth-order valence-corrected chi connectivity index (χ4v) is 4.57. The van der Waals surface area contributed by atoms with Gasteiger partial charge in [0.2, 0.25) is 0 Å². The molecule has 1 aromatic carbocycles. The van der Waals surface area contributed by atoms with Gasteiger partial charge in [-0.2, -0.15) is 0 Å². The molecule has 0 aliphatic heterocycles. The van der Waals surface area contributed by atoms with Gasteiger partial charge in [-0.3, -0.25) is 0 Å². The van der Waals surface area contributed by atoms with Crippen LogP contribution in [0.3, 0.4) is 0 Å². The van der Waals surface area contributed by atoms with Gasteiger partial charge in [0.15, 0.2) is 5.65 Å². The van der Waals surface area contributed by atoms with Crippen LogP contribution >= 0.6 is 23.2 Å². The standard InChI is InChI=1S/C20H17Cl2N5O2/c21-12-5-3-9(4-6-12)18-26-16-15(13(22)8-24-19(16)27-18)25-14-10-1-2-11(7-10)17(14)29-20(23)28/h1-6,8,10-11,14,17H,7H2,(H2,23,28)(H2,24,25,26,27)/t10-,11+,14+,17-/m0/s1. The van der Waals surface area contributed by atoms with Gasteiger partial charge in [0, 0.05) is 22.4 Å². The van der Waals surface area contributed by atoms with Gasteiger partial charge in [-0.15, -0.1) is 0 Å². The van der Waals surface area contributed by atoms with Crippen molar-refractivity contribution >= 4 is 46.1 Å². The number of primary amides is 1. The minimum absolute atomic E-state index is 0.136. The molecule has 148 valence electrons. The van der Waals surface area contributed by atoms with Crippen molar-refractivity contribution in [3.05, 3.63) is 52.7 Å². The number of aromatic nitrogens is 3. The number of carbonyl (C=O) groups is 1. The number of nitrogens with one attached hydrogen (secondary N) is 2. The average Bonchev–Trinajstić information content (AvgIpc) is 3.40. The molecule has 5 rings (SSSR count). The summed E-state index contributed by atoms with van der Waals surface area (Å²) >= 11 is 12.5. The van der Waals surface area contributed by atoms with Crippen LogP contribution in [0.15, 0.2) is 42.6 Å². The minimum Gasteiger partial charge on any atom is -0.444 e. The van der Waals surface area contributed by atoms with Crippen molar-refractivity contribution in [3.8, 4) is 11.4 Å². The first kappa shape index (κ1) is 18.3. The van der Waals surface area contributed by atoms with E-state index in [1.165, 1.54) is 0 Å². The zero-order chi connectivity index (χ0) is 20.1. The van der Waals surface area contributed by atoms with Crippen LogP contribution in [0.25, 0.3) is 22.6 Å². The molecule has 7 nitrogen and oxygen atoms in total. The quantitative estimate of drug-likeness (QED) is 0.533. The molecule has 1 amide bonds. The molecule has 29 heavy (non-hydrogen) atoms. The van der Waals surface area contributed by atoms with E-state index < -0.39 is 6.09 Å². The Morgan fingerprint density at radius 3 is 2.72 bits per heavy atom. The summed E-state index contributed by atoms with van der Waals surface area (Å²) in [6, 6.07) is 7.23. The molecule has 3 aromatic rings. The van der Waals surface area contributed by atoms with Crippen molar-refractivity contribution in [2.24, 2.45) is 17.6 Å². The number of pyridine rings is 1. The molecule has 2 bridgehead atoms. The summed E-state index contributed by atoms with van der Waals surface area (Å²) < 4.78 is 5.40. The number of halogens is 2. The van der Waals surface area contributed by atoms with E-state index in [4.69, 9.17) is 33.7 Å². The van der Waals surface area contributed by atoms with Gasteiger partial charge in [-0.1, -0.05) is 35.4 Å². The molecule has 2 aliphatic rings. The molecule has 0 unspecified atom stereocenters. The first-order chi connectivity index (χ1) is 14.0. The lowest BCUT2D eigenvalue weighted by Gasteiger charge is -2.29. The highest BCUT2D eigenvalue weighted by molar-refractivity contribution is 6.34. The number of carbonyl (C=O) groups excluding carboxylic acids is 1. The number of ether oxygens (including phenoxy) is 1. The van der Waals surface area contributed by atoms with Gasteiger partial charge in [0.1, 0.15) is 17.4 Å². The first-order valence-electron chi connectivity index (χ1n) is 9.20. The van der Waals surface area contributed by atoms with Crippen molar-refractivity contribution in [1.82, 2.24) is 15.0 Å². The molecule has 1 saturated carbocycles. The Morgan fingerprint density at radius 2 is 1.97 bits per heavy atom. The lowest BCUT2D eigenvalue weighted by atomic mass is 9.98. The minimum atomic E-state index is -0.778. The van der Waals surface area contributed by atoms with Crippen molar-refractivity contribution < 1.29 is 9.53 Å². The summed E-state index contributed by atoms with van der Waals surface area (Å²) in [6.07, 6.45) is 5.56. The van der Waals surface area contributed by atoms with Gasteiger partial charge in [0.05, 0.1) is 22.9 Å². The van der Waals surface area contributed by atoms with Crippen molar-refractivity contribution in [2.75, 3.05) is 5.32 Å². The van der Waals surface area contributed by atoms with E-state index in [0.29, 0.717) is 32.7 Å². The summed E-state index contributed by atoms with van der Waals surface area (Å²) in [5.41, 5.74) is 8.06. The second-order valence-electron chi connectivity index (χ2n) is 7.29. The fraction of sp³-hybridized carbons (Fsp3) is 0.250. The van der Waals surface area contributed by atoms with Crippen LogP contribution in [0.1, 0.15) is 6.42 Å². The average molecular weight is 430 g/mol. The number of fused-ring (bicyclic) bond motifs is 3. The van der Waals surface area contributed by atoms with Gasteiger partial charge in [-0.05, 0) is 30.7 Å². The summed E-state index contributed by atoms with van der Waals surface area (Å²) in [7, 11) is 0. The molecule has 0 radical (unpaired) electrons. The van der Waals surface area contributed by atoms with E-state index in [0.717, 1.165) is 12.0 Å². The van der Waals surface area contributed by atoms with Crippen molar-refractivity contribution in [2.45, 2.75) is 18.6 Å². The van der Waals surface area contributed by atoms with Crippen LogP contribution in [-0.4, -0.2) is 33.2 Å². The number of imidazole rings is 1. The normalized spacial score (nSPS) is 24.9. The molecular formula is C20H17Cl2N5O2. The Hall–Kier alpha value is -2.77. The Bertz CT molecular complexity index is 1130. The predicted octanol–water partition coefficient (Wildman–Crippen LogP) is 4.38. The third-order valence-corrected chi connectivity index (χ3v) is 6.08. The number of benzene rings is 1. The number of hydrogen-bond donors (Lipinski definition) is 3. The fourth-order valence-electron chi connectivity index (χ4n) is 4.25. The zero-order valence-electron chi connectivity index (χ0n) is 15.1. The second-order valence-corrected chi connectivity index (χ2v) is 8.14. The van der Waals surface area contributed by atoms with E-state index in [2.05, 4.69) is 32.4 Å². The van der Waals surface area contributed by atoms with Gasteiger partial charge < -0.3 is 20.8 Å². The SMILES string of the molecule is NC(=O)O[C@@H]1[C@H](Nc2c(Cl)cnc3nc(-c4ccc(Cl)cc4)[nH]c23)[C@H]2C=C[C@@H]1C2. The zero-order valence-corrected chi connectivity index (χ0v) is 16.6. The Labute approximate surface area is 176 Å². The number of amides is 1. The number of hydrogen-bond acceptors (Lipinski definition) is 5. The van der Waals surface area contributed by atoms with Crippen molar-refractivity contribution in [1.29, 1.82) is 0 Å². The molecule has 9 heteroatoms. The van der Waals surface area contributed by atoms with Crippen LogP contribution in [0.5, 0.6) is 0 Å². The maximum Gasteiger partial charge on any atom is 0.404 e. The van der Waals surface area contributed by atoms with Gasteiger partial charge >= 0.3 is 6.09 Å². The lowest BCUT2D eigenvalue weighted by molar-refractivity contribution is 0.0854. The Kier molecular flexibility index (Phi) is 4.37. The summed E-state index contributed by atoms with van der Waals surface area (Å²) in [5.74, 6) is 1.03. The molecule has 1 fully saturated rings. The molecular weight excluding hydrogens is 413 g/mol. The van der Waals surface area contributed by atoms with Crippen molar-refractivity contribution in [3.63, 3.8) is 0 Å². The molecule has 0 saturated heterocycles. The number of anilines is 1. The van der Waals surface area contributed by atoms with Crippen LogP contribution in [0.2, 0.25) is 10.0 Å². The first-order valence-corrected chi connectivity index (χ1v) is 9.96. The molecule has 4 atom stereocenters. The Balaban J connectivity index is 1.52. The molecule has 2 aliphatic carbocycles. The maximum atomic E-state index is 11.4.